The fourth-order valence-corrected chi connectivity index (χ4v) is 3.66. The molecule has 3 rings (SSSR count). The van der Waals surface area contributed by atoms with Crippen LogP contribution in [-0.2, 0) is 6.54 Å². The monoisotopic (exact) mass is 366 g/mol. The highest BCUT2D eigenvalue weighted by Gasteiger charge is 2.22. The highest BCUT2D eigenvalue weighted by Crippen LogP contribution is 2.38. The highest BCUT2D eigenvalue weighted by atomic mass is 35.5. The van der Waals surface area contributed by atoms with Gasteiger partial charge >= 0.3 is 0 Å². The molecule has 0 aromatic heterocycles. The van der Waals surface area contributed by atoms with E-state index in [4.69, 9.17) is 26.8 Å². The van der Waals surface area contributed by atoms with E-state index < -0.39 is 0 Å². The lowest BCUT2D eigenvalue weighted by Crippen LogP contribution is -2.42. The second-order valence-corrected chi connectivity index (χ2v) is 6.87. The number of hydrogen-bond donors (Lipinski definition) is 2. The van der Waals surface area contributed by atoms with E-state index in [9.17, 15) is 0 Å². The van der Waals surface area contributed by atoms with E-state index in [0.29, 0.717) is 48.3 Å². The van der Waals surface area contributed by atoms with Crippen molar-refractivity contribution >= 4 is 17.6 Å². The third kappa shape index (κ3) is 4.70. The van der Waals surface area contributed by atoms with Gasteiger partial charge in [-0.25, -0.2) is 4.99 Å². The second-order valence-electron chi connectivity index (χ2n) is 6.46. The molecule has 0 spiro atoms. The van der Waals surface area contributed by atoms with Crippen LogP contribution in [0.5, 0.6) is 11.5 Å². The van der Waals surface area contributed by atoms with Gasteiger partial charge in [-0.2, -0.15) is 0 Å². The van der Waals surface area contributed by atoms with Crippen LogP contribution in [-0.4, -0.2) is 49.7 Å². The summed E-state index contributed by atoms with van der Waals surface area (Å²) in [5.74, 6) is 1.77. The van der Waals surface area contributed by atoms with E-state index >= 15 is 0 Å². The van der Waals surface area contributed by atoms with Crippen molar-refractivity contribution in [3.63, 3.8) is 0 Å². The minimum absolute atomic E-state index is 0.456. The lowest BCUT2D eigenvalue weighted by atomic mass is 10.2. The minimum Gasteiger partial charge on any atom is -0.489 e. The van der Waals surface area contributed by atoms with Crippen LogP contribution in [0, 0.1) is 0 Å². The average Bonchev–Trinajstić information content (AvgIpc) is 2.93. The number of nitrogens with zero attached hydrogens (tertiary/aromatic N) is 2. The molecule has 0 aliphatic carbocycles. The number of likely N-dealkylation sites (N-methyl/N-ethyl adjacent to an activating group) is 1. The van der Waals surface area contributed by atoms with Gasteiger partial charge < -0.3 is 20.5 Å². The number of rotatable bonds is 5. The number of benzene rings is 1. The largest absolute Gasteiger partial charge is 0.489 e. The third-order valence-corrected chi connectivity index (χ3v) is 5.00. The van der Waals surface area contributed by atoms with Crippen LogP contribution in [0.2, 0.25) is 5.02 Å². The van der Waals surface area contributed by atoms with E-state index in [1.54, 1.807) is 0 Å². The van der Waals surface area contributed by atoms with Gasteiger partial charge in [0.05, 0.1) is 24.8 Å². The molecule has 1 aromatic carbocycles. The number of likely N-dealkylation sites (tertiary alicyclic amines) is 1. The Balaban J connectivity index is 1.57. The minimum atomic E-state index is 0.456. The summed E-state index contributed by atoms with van der Waals surface area (Å²) in [6.45, 7) is 7.01. The summed E-state index contributed by atoms with van der Waals surface area (Å²) in [5.41, 5.74) is 6.97. The van der Waals surface area contributed by atoms with E-state index in [1.807, 2.05) is 12.1 Å². The smallest absolute Gasteiger partial charge is 0.188 e. The Kier molecular flexibility index (Phi) is 6.26. The Bertz CT molecular complexity index is 623. The van der Waals surface area contributed by atoms with Crippen LogP contribution in [0.4, 0.5) is 0 Å². The first-order valence-electron chi connectivity index (χ1n) is 9.03. The maximum absolute atomic E-state index is 6.31. The predicted molar refractivity (Wildman–Crippen MR) is 101 cm³/mol. The van der Waals surface area contributed by atoms with Crippen LogP contribution in [0.15, 0.2) is 17.1 Å². The third-order valence-electron chi connectivity index (χ3n) is 4.72. The van der Waals surface area contributed by atoms with Crippen molar-refractivity contribution < 1.29 is 9.47 Å². The van der Waals surface area contributed by atoms with Gasteiger partial charge in [-0.05, 0) is 43.6 Å². The maximum Gasteiger partial charge on any atom is 0.188 e. The van der Waals surface area contributed by atoms with Crippen molar-refractivity contribution in [1.82, 2.24) is 10.2 Å². The SMILES string of the molecule is CCN1CCCC1CNC(N)=NCc1cc(Cl)c2c(c1)OCCCO2. The van der Waals surface area contributed by atoms with E-state index in [-0.39, 0.29) is 0 Å². The molecule has 1 saturated heterocycles. The summed E-state index contributed by atoms with van der Waals surface area (Å²) in [4.78, 5) is 6.91. The fourth-order valence-electron chi connectivity index (χ4n) is 3.37. The standard InChI is InChI=1S/C18H27ClN4O2/c1-2-23-6-3-5-14(23)12-22-18(20)21-11-13-9-15(19)17-16(10-13)24-7-4-8-25-17/h9-10,14H,2-8,11-12H2,1H3,(H3,20,21,22). The van der Waals surface area contributed by atoms with E-state index in [0.717, 1.165) is 25.1 Å². The molecule has 138 valence electrons. The van der Waals surface area contributed by atoms with Gasteiger partial charge in [0.1, 0.15) is 0 Å². The van der Waals surface area contributed by atoms with Crippen molar-refractivity contribution in [2.75, 3.05) is 32.8 Å². The van der Waals surface area contributed by atoms with Crippen LogP contribution >= 0.6 is 11.6 Å². The number of nitrogens with two attached hydrogens (primary N) is 1. The van der Waals surface area contributed by atoms with Crippen LogP contribution in [0.25, 0.3) is 0 Å². The second kappa shape index (κ2) is 8.63. The fraction of sp³-hybridized carbons (Fsp3) is 0.611. The summed E-state index contributed by atoms with van der Waals surface area (Å²) in [6, 6.07) is 4.34. The molecule has 25 heavy (non-hydrogen) atoms. The molecular weight excluding hydrogens is 340 g/mol. The highest BCUT2D eigenvalue weighted by molar-refractivity contribution is 6.32. The van der Waals surface area contributed by atoms with Gasteiger partial charge in [-0.3, -0.25) is 4.90 Å². The Morgan fingerprint density at radius 2 is 2.20 bits per heavy atom. The zero-order valence-electron chi connectivity index (χ0n) is 14.8. The number of nitrogens with one attached hydrogen (secondary N) is 1. The summed E-state index contributed by atoms with van der Waals surface area (Å²) < 4.78 is 11.3. The molecule has 0 bridgehead atoms. The number of guanidine groups is 1. The Morgan fingerprint density at radius 1 is 1.36 bits per heavy atom. The lowest BCUT2D eigenvalue weighted by molar-refractivity contribution is 0.267. The molecule has 7 heteroatoms. The first-order chi connectivity index (χ1) is 12.2. The van der Waals surface area contributed by atoms with Crippen LogP contribution in [0.3, 0.4) is 0 Å². The van der Waals surface area contributed by atoms with Crippen molar-refractivity contribution in [3.05, 3.63) is 22.7 Å². The lowest BCUT2D eigenvalue weighted by Gasteiger charge is -2.23. The first kappa shape index (κ1) is 18.1. The summed E-state index contributed by atoms with van der Waals surface area (Å²) in [6.07, 6.45) is 3.32. The van der Waals surface area contributed by atoms with Gasteiger partial charge in [0.2, 0.25) is 0 Å². The molecule has 1 aromatic rings. The van der Waals surface area contributed by atoms with Gasteiger partial charge in [0.15, 0.2) is 17.5 Å². The molecule has 2 aliphatic heterocycles. The number of halogens is 1. The van der Waals surface area contributed by atoms with Gasteiger partial charge in [0, 0.05) is 19.0 Å². The number of ether oxygens (including phenoxy) is 2. The first-order valence-corrected chi connectivity index (χ1v) is 9.41. The maximum atomic E-state index is 6.31. The van der Waals surface area contributed by atoms with Crippen molar-refractivity contribution in [2.24, 2.45) is 10.7 Å². The molecule has 1 fully saturated rings. The van der Waals surface area contributed by atoms with Crippen molar-refractivity contribution in [1.29, 1.82) is 0 Å². The van der Waals surface area contributed by atoms with Crippen LogP contribution < -0.4 is 20.5 Å². The molecule has 0 amide bonds. The zero-order valence-corrected chi connectivity index (χ0v) is 15.5. The molecule has 2 aliphatic rings. The van der Waals surface area contributed by atoms with Gasteiger partial charge in [-0.1, -0.05) is 18.5 Å². The van der Waals surface area contributed by atoms with Crippen molar-refractivity contribution in [3.8, 4) is 11.5 Å². The molecule has 3 N–H and O–H groups in total. The topological polar surface area (TPSA) is 72.1 Å². The Hall–Kier alpha value is -1.66. The number of aliphatic imine (C=N–C) groups is 1. The quantitative estimate of drug-likeness (QED) is 0.618. The summed E-state index contributed by atoms with van der Waals surface area (Å²) >= 11 is 6.31. The molecule has 2 heterocycles. The number of hydrogen-bond acceptors (Lipinski definition) is 4. The van der Waals surface area contributed by atoms with Crippen molar-refractivity contribution in [2.45, 2.75) is 38.8 Å². The molecule has 1 atom stereocenters. The summed E-state index contributed by atoms with van der Waals surface area (Å²) in [5, 5.41) is 3.80. The van der Waals surface area contributed by atoms with E-state index in [2.05, 4.69) is 22.1 Å². The molecule has 0 saturated carbocycles. The van der Waals surface area contributed by atoms with Crippen LogP contribution in [0.1, 0.15) is 31.7 Å². The van der Waals surface area contributed by atoms with Gasteiger partial charge in [-0.15, -0.1) is 0 Å². The molecule has 0 radical (unpaired) electrons. The normalized spacial score (nSPS) is 21.2. The predicted octanol–water partition coefficient (Wildman–Crippen LogP) is 2.39. The molecule has 1 unspecified atom stereocenters. The Labute approximate surface area is 154 Å². The zero-order chi connectivity index (χ0) is 17.6. The number of fused-ring (bicyclic) bond motifs is 1. The Morgan fingerprint density at radius 3 is 3.04 bits per heavy atom. The van der Waals surface area contributed by atoms with Gasteiger partial charge in [0.25, 0.3) is 0 Å². The summed E-state index contributed by atoms with van der Waals surface area (Å²) in [7, 11) is 0. The molecule has 6 nitrogen and oxygen atoms in total. The van der Waals surface area contributed by atoms with E-state index in [1.165, 1.54) is 19.4 Å². The average molecular weight is 367 g/mol. The molecular formula is C18H27ClN4O2.